The predicted octanol–water partition coefficient (Wildman–Crippen LogP) is 2.78. The molecule has 1 unspecified atom stereocenters. The number of isocyanates is 1. The molecule has 0 aliphatic carbocycles. The Morgan fingerprint density at radius 3 is 2.75 bits per heavy atom. The van der Waals surface area contributed by atoms with E-state index in [1.807, 2.05) is 30.7 Å². The maximum atomic E-state index is 10.1. The predicted molar refractivity (Wildman–Crippen MR) is 50.0 cm³/mol. The zero-order chi connectivity index (χ0) is 8.97. The number of carbonyl (C=O) groups excluding carboxylic acids is 1. The second-order valence-electron chi connectivity index (χ2n) is 2.97. The molecule has 2 nitrogen and oxygen atoms in total. The standard InChI is InChI=1S/C9H11NOS/c1-7(2)9(10-6-11)8-3-4-12-5-8/h3-5,7,9H,1-2H3. The van der Waals surface area contributed by atoms with E-state index in [1.54, 1.807) is 17.4 Å². The van der Waals surface area contributed by atoms with E-state index >= 15 is 0 Å². The summed E-state index contributed by atoms with van der Waals surface area (Å²) in [7, 11) is 0. The number of aliphatic imine (C=N–C) groups is 1. The summed E-state index contributed by atoms with van der Waals surface area (Å²) in [6.07, 6.45) is 1.62. The van der Waals surface area contributed by atoms with Crippen LogP contribution in [0.1, 0.15) is 25.5 Å². The largest absolute Gasteiger partial charge is 0.235 e. The molecule has 1 rings (SSSR count). The number of rotatable bonds is 3. The molecule has 0 spiro atoms. The highest BCUT2D eigenvalue weighted by atomic mass is 32.1. The summed E-state index contributed by atoms with van der Waals surface area (Å²) in [6.45, 7) is 4.09. The van der Waals surface area contributed by atoms with Crippen molar-refractivity contribution in [2.45, 2.75) is 19.9 Å². The Bertz CT molecular complexity index is 273. The first-order valence-electron chi connectivity index (χ1n) is 3.84. The monoisotopic (exact) mass is 181 g/mol. The van der Waals surface area contributed by atoms with Crippen LogP contribution in [0.5, 0.6) is 0 Å². The van der Waals surface area contributed by atoms with Crippen LogP contribution in [0.2, 0.25) is 0 Å². The number of thiophene rings is 1. The maximum Gasteiger partial charge on any atom is 0.235 e. The van der Waals surface area contributed by atoms with Gasteiger partial charge in [0.2, 0.25) is 6.08 Å². The van der Waals surface area contributed by atoms with Crippen LogP contribution in [0.3, 0.4) is 0 Å². The molecule has 0 bridgehead atoms. The fourth-order valence-corrected chi connectivity index (χ4v) is 1.80. The Balaban J connectivity index is 2.87. The van der Waals surface area contributed by atoms with E-state index in [0.29, 0.717) is 5.92 Å². The van der Waals surface area contributed by atoms with Crippen LogP contribution in [-0.2, 0) is 4.79 Å². The molecular weight excluding hydrogens is 170 g/mol. The molecule has 12 heavy (non-hydrogen) atoms. The van der Waals surface area contributed by atoms with Crippen LogP contribution in [0.25, 0.3) is 0 Å². The second kappa shape index (κ2) is 4.19. The third kappa shape index (κ3) is 2.03. The van der Waals surface area contributed by atoms with Gasteiger partial charge in [-0.2, -0.15) is 16.3 Å². The molecular formula is C9H11NOS. The third-order valence-electron chi connectivity index (χ3n) is 1.71. The lowest BCUT2D eigenvalue weighted by molar-refractivity contribution is 0.503. The first-order valence-corrected chi connectivity index (χ1v) is 4.79. The second-order valence-corrected chi connectivity index (χ2v) is 3.75. The molecule has 1 aromatic rings. The molecule has 0 radical (unpaired) electrons. The van der Waals surface area contributed by atoms with Gasteiger partial charge in [0.25, 0.3) is 0 Å². The highest BCUT2D eigenvalue weighted by Gasteiger charge is 2.14. The summed E-state index contributed by atoms with van der Waals surface area (Å²) < 4.78 is 0. The lowest BCUT2D eigenvalue weighted by Crippen LogP contribution is -2.01. The van der Waals surface area contributed by atoms with Gasteiger partial charge in [0.05, 0.1) is 6.04 Å². The van der Waals surface area contributed by atoms with Gasteiger partial charge in [-0.05, 0) is 28.3 Å². The molecule has 0 saturated heterocycles. The summed E-state index contributed by atoms with van der Waals surface area (Å²) in [5, 5.41) is 4.01. The summed E-state index contributed by atoms with van der Waals surface area (Å²) in [5.41, 5.74) is 1.11. The first-order chi connectivity index (χ1) is 5.75. The Kier molecular flexibility index (Phi) is 3.20. The van der Waals surface area contributed by atoms with Gasteiger partial charge in [-0.15, -0.1) is 0 Å². The normalized spacial score (nSPS) is 12.6. The fourth-order valence-electron chi connectivity index (χ4n) is 1.11. The minimum absolute atomic E-state index is 0.0197. The molecule has 0 amide bonds. The van der Waals surface area contributed by atoms with E-state index in [0.717, 1.165) is 5.56 Å². The van der Waals surface area contributed by atoms with Crippen molar-refractivity contribution in [2.75, 3.05) is 0 Å². The highest BCUT2D eigenvalue weighted by molar-refractivity contribution is 7.07. The van der Waals surface area contributed by atoms with Crippen molar-refractivity contribution in [3.8, 4) is 0 Å². The summed E-state index contributed by atoms with van der Waals surface area (Å²) in [4.78, 5) is 13.9. The lowest BCUT2D eigenvalue weighted by atomic mass is 10.00. The molecule has 0 fully saturated rings. The first kappa shape index (κ1) is 9.17. The van der Waals surface area contributed by atoms with Crippen molar-refractivity contribution >= 4 is 17.4 Å². The van der Waals surface area contributed by atoms with Crippen molar-refractivity contribution < 1.29 is 4.79 Å². The average Bonchev–Trinajstić information content (AvgIpc) is 2.51. The van der Waals surface area contributed by atoms with E-state index in [1.165, 1.54) is 0 Å². The van der Waals surface area contributed by atoms with Gasteiger partial charge in [-0.1, -0.05) is 13.8 Å². The van der Waals surface area contributed by atoms with Gasteiger partial charge in [-0.3, -0.25) is 0 Å². The van der Waals surface area contributed by atoms with Crippen molar-refractivity contribution in [1.82, 2.24) is 0 Å². The van der Waals surface area contributed by atoms with Gasteiger partial charge in [0.1, 0.15) is 0 Å². The van der Waals surface area contributed by atoms with Crippen molar-refractivity contribution in [3.63, 3.8) is 0 Å². The van der Waals surface area contributed by atoms with E-state index in [9.17, 15) is 4.79 Å². The minimum Gasteiger partial charge on any atom is -0.211 e. The van der Waals surface area contributed by atoms with Crippen molar-refractivity contribution in [2.24, 2.45) is 10.9 Å². The summed E-state index contributed by atoms with van der Waals surface area (Å²) >= 11 is 1.62. The Labute approximate surface area is 76.0 Å². The Morgan fingerprint density at radius 2 is 2.33 bits per heavy atom. The summed E-state index contributed by atoms with van der Waals surface area (Å²) in [6, 6.07) is 1.98. The average molecular weight is 181 g/mol. The van der Waals surface area contributed by atoms with E-state index in [2.05, 4.69) is 4.99 Å². The van der Waals surface area contributed by atoms with Crippen LogP contribution >= 0.6 is 11.3 Å². The van der Waals surface area contributed by atoms with E-state index < -0.39 is 0 Å². The molecule has 0 aliphatic rings. The number of hydrogen-bond donors (Lipinski definition) is 0. The van der Waals surface area contributed by atoms with Gasteiger partial charge in [0.15, 0.2) is 0 Å². The van der Waals surface area contributed by atoms with E-state index in [-0.39, 0.29) is 6.04 Å². The highest BCUT2D eigenvalue weighted by Crippen LogP contribution is 2.26. The molecule has 0 aliphatic heterocycles. The van der Waals surface area contributed by atoms with Crippen molar-refractivity contribution in [3.05, 3.63) is 22.4 Å². The zero-order valence-corrected chi connectivity index (χ0v) is 7.97. The molecule has 1 heterocycles. The van der Waals surface area contributed by atoms with Gasteiger partial charge < -0.3 is 0 Å². The number of hydrogen-bond acceptors (Lipinski definition) is 3. The molecule has 0 saturated carbocycles. The summed E-state index contributed by atoms with van der Waals surface area (Å²) in [5.74, 6) is 0.348. The van der Waals surface area contributed by atoms with Gasteiger partial charge in [0, 0.05) is 0 Å². The molecule has 0 aromatic carbocycles. The zero-order valence-electron chi connectivity index (χ0n) is 7.15. The molecule has 1 atom stereocenters. The maximum absolute atomic E-state index is 10.1. The van der Waals surface area contributed by atoms with Crippen LogP contribution in [0, 0.1) is 5.92 Å². The molecule has 64 valence electrons. The SMILES string of the molecule is CC(C)C(N=C=O)c1ccsc1. The molecule has 3 heteroatoms. The third-order valence-corrected chi connectivity index (χ3v) is 2.41. The van der Waals surface area contributed by atoms with Crippen LogP contribution < -0.4 is 0 Å². The van der Waals surface area contributed by atoms with Gasteiger partial charge in [-0.25, -0.2) is 4.79 Å². The smallest absolute Gasteiger partial charge is 0.211 e. The number of nitrogens with zero attached hydrogens (tertiary/aromatic N) is 1. The Morgan fingerprint density at radius 1 is 1.58 bits per heavy atom. The lowest BCUT2D eigenvalue weighted by Gasteiger charge is -2.11. The van der Waals surface area contributed by atoms with Crippen LogP contribution in [0.4, 0.5) is 0 Å². The molecule has 1 aromatic heterocycles. The van der Waals surface area contributed by atoms with Gasteiger partial charge >= 0.3 is 0 Å². The van der Waals surface area contributed by atoms with Crippen molar-refractivity contribution in [1.29, 1.82) is 0 Å². The quantitative estimate of drug-likeness (QED) is 0.520. The topological polar surface area (TPSA) is 29.4 Å². The molecule has 0 N–H and O–H groups in total. The Hall–Kier alpha value is -0.920. The minimum atomic E-state index is -0.0197. The fraction of sp³-hybridized carbons (Fsp3) is 0.444. The van der Waals surface area contributed by atoms with E-state index in [4.69, 9.17) is 0 Å². The van der Waals surface area contributed by atoms with Crippen LogP contribution in [0.15, 0.2) is 21.8 Å². The van der Waals surface area contributed by atoms with Crippen LogP contribution in [-0.4, -0.2) is 6.08 Å².